The van der Waals surface area contributed by atoms with Gasteiger partial charge in [-0.25, -0.2) is 13.1 Å². The maximum Gasteiger partial charge on any atom is 0.240 e. The lowest BCUT2D eigenvalue weighted by molar-refractivity contribution is -0.121. The Morgan fingerprint density at radius 2 is 1.95 bits per heavy atom. The minimum Gasteiger partial charge on any atom is -0.353 e. The van der Waals surface area contributed by atoms with Crippen molar-refractivity contribution in [2.75, 3.05) is 6.54 Å². The number of carbonyl (C=O) groups is 1. The lowest BCUT2D eigenvalue weighted by atomic mass is 10.2. The molecule has 21 heavy (non-hydrogen) atoms. The molecule has 1 aromatic carbocycles. The van der Waals surface area contributed by atoms with Gasteiger partial charge in [0.05, 0.1) is 17.4 Å². The maximum absolute atomic E-state index is 12.0. The van der Waals surface area contributed by atoms with Crippen molar-refractivity contribution in [3.05, 3.63) is 29.8 Å². The van der Waals surface area contributed by atoms with Crippen molar-refractivity contribution in [1.82, 2.24) is 10.0 Å². The van der Waals surface area contributed by atoms with Gasteiger partial charge < -0.3 is 5.32 Å². The monoisotopic (exact) mass is 307 g/mol. The summed E-state index contributed by atoms with van der Waals surface area (Å²) in [7, 11) is -3.61. The summed E-state index contributed by atoms with van der Waals surface area (Å²) in [5.41, 5.74) is 0.764. The molecule has 0 unspecified atom stereocenters. The molecule has 0 heterocycles. The van der Waals surface area contributed by atoms with E-state index in [9.17, 15) is 13.2 Å². The van der Waals surface area contributed by atoms with Crippen LogP contribution in [-0.4, -0.2) is 26.9 Å². The SMILES string of the molecule is N#CCc1ccc(S(=O)(=O)NCCC(=O)NC2CC2)cc1. The summed E-state index contributed by atoms with van der Waals surface area (Å²) in [5.74, 6) is -0.135. The molecule has 0 bridgehead atoms. The van der Waals surface area contributed by atoms with Crippen LogP contribution in [0.5, 0.6) is 0 Å². The van der Waals surface area contributed by atoms with Crippen LogP contribution in [0, 0.1) is 11.3 Å². The first kappa shape index (κ1) is 15.5. The van der Waals surface area contributed by atoms with Gasteiger partial charge in [-0.3, -0.25) is 4.79 Å². The van der Waals surface area contributed by atoms with E-state index in [0.29, 0.717) is 0 Å². The smallest absolute Gasteiger partial charge is 0.240 e. The summed E-state index contributed by atoms with van der Waals surface area (Å²) in [6, 6.07) is 8.41. The first-order chi connectivity index (χ1) is 10.0. The number of amides is 1. The third-order valence-electron chi connectivity index (χ3n) is 3.10. The van der Waals surface area contributed by atoms with Crippen molar-refractivity contribution in [2.45, 2.75) is 36.6 Å². The first-order valence-electron chi connectivity index (χ1n) is 6.76. The molecule has 1 aliphatic carbocycles. The van der Waals surface area contributed by atoms with Crippen molar-refractivity contribution in [3.8, 4) is 6.07 Å². The second kappa shape index (κ2) is 6.70. The Hall–Kier alpha value is -1.91. The van der Waals surface area contributed by atoms with Gasteiger partial charge in [0.15, 0.2) is 0 Å². The molecular weight excluding hydrogens is 290 g/mol. The zero-order chi connectivity index (χ0) is 15.3. The Balaban J connectivity index is 1.85. The van der Waals surface area contributed by atoms with Crippen LogP contribution in [0.3, 0.4) is 0 Å². The number of nitriles is 1. The molecule has 0 spiro atoms. The van der Waals surface area contributed by atoms with Crippen LogP contribution < -0.4 is 10.0 Å². The molecule has 1 saturated carbocycles. The van der Waals surface area contributed by atoms with Crippen LogP contribution >= 0.6 is 0 Å². The summed E-state index contributed by atoms with van der Waals surface area (Å²) in [4.78, 5) is 11.6. The van der Waals surface area contributed by atoms with Crippen LogP contribution in [-0.2, 0) is 21.2 Å². The highest BCUT2D eigenvalue weighted by Gasteiger charge is 2.23. The Bertz CT molecular complexity index is 643. The summed E-state index contributed by atoms with van der Waals surface area (Å²) < 4.78 is 26.4. The second-order valence-electron chi connectivity index (χ2n) is 4.97. The fourth-order valence-electron chi connectivity index (χ4n) is 1.79. The average Bonchev–Trinajstić information content (AvgIpc) is 3.23. The standard InChI is InChI=1S/C14H17N3O3S/c15-9-7-11-1-5-13(6-2-11)21(19,20)16-10-8-14(18)17-12-3-4-12/h1-2,5-6,12,16H,3-4,7-8,10H2,(H,17,18). The third-order valence-corrected chi connectivity index (χ3v) is 4.58. The minimum absolute atomic E-state index is 0.0703. The summed E-state index contributed by atoms with van der Waals surface area (Å²) in [6.45, 7) is 0.0703. The predicted molar refractivity (Wildman–Crippen MR) is 76.7 cm³/mol. The molecule has 1 amide bonds. The molecule has 1 aliphatic rings. The number of sulfonamides is 1. The van der Waals surface area contributed by atoms with Crippen molar-refractivity contribution in [3.63, 3.8) is 0 Å². The Kier molecular flexibility index (Phi) is 4.94. The topological polar surface area (TPSA) is 99.1 Å². The summed E-state index contributed by atoms with van der Waals surface area (Å²) in [5, 5.41) is 11.4. The van der Waals surface area contributed by atoms with Gasteiger partial charge in [0, 0.05) is 19.0 Å². The number of carbonyl (C=O) groups excluding carboxylic acids is 1. The molecule has 0 radical (unpaired) electrons. The maximum atomic E-state index is 12.0. The minimum atomic E-state index is -3.61. The van der Waals surface area contributed by atoms with Gasteiger partial charge in [0.25, 0.3) is 0 Å². The zero-order valence-corrected chi connectivity index (χ0v) is 12.3. The molecule has 6 nitrogen and oxygen atoms in total. The van der Waals surface area contributed by atoms with Crippen LogP contribution in [0.1, 0.15) is 24.8 Å². The van der Waals surface area contributed by atoms with Crippen LogP contribution in [0.2, 0.25) is 0 Å². The van der Waals surface area contributed by atoms with Gasteiger partial charge in [-0.05, 0) is 30.5 Å². The quantitative estimate of drug-likeness (QED) is 0.774. The van der Waals surface area contributed by atoms with Crippen molar-refractivity contribution < 1.29 is 13.2 Å². The highest BCUT2D eigenvalue weighted by Crippen LogP contribution is 2.18. The number of nitrogens with one attached hydrogen (secondary N) is 2. The number of rotatable bonds is 7. The molecule has 2 rings (SSSR count). The lowest BCUT2D eigenvalue weighted by Crippen LogP contribution is -2.31. The Labute approximate surface area is 124 Å². The third kappa shape index (κ3) is 4.85. The molecule has 0 saturated heterocycles. The highest BCUT2D eigenvalue weighted by atomic mass is 32.2. The van der Waals surface area contributed by atoms with Gasteiger partial charge in [0.2, 0.25) is 15.9 Å². The fourth-order valence-corrected chi connectivity index (χ4v) is 2.82. The van der Waals surface area contributed by atoms with Gasteiger partial charge >= 0.3 is 0 Å². The molecule has 1 fully saturated rings. The largest absolute Gasteiger partial charge is 0.353 e. The van der Waals surface area contributed by atoms with Crippen molar-refractivity contribution in [1.29, 1.82) is 5.26 Å². The van der Waals surface area contributed by atoms with Gasteiger partial charge in [-0.2, -0.15) is 5.26 Å². The number of benzene rings is 1. The molecule has 7 heteroatoms. The van der Waals surface area contributed by atoms with Crippen molar-refractivity contribution >= 4 is 15.9 Å². The number of hydrogen-bond donors (Lipinski definition) is 2. The average molecular weight is 307 g/mol. The van der Waals surface area contributed by atoms with E-state index in [1.54, 1.807) is 12.1 Å². The van der Waals surface area contributed by atoms with E-state index in [1.165, 1.54) is 12.1 Å². The molecule has 0 atom stereocenters. The van der Waals surface area contributed by atoms with Gasteiger partial charge in [0.1, 0.15) is 0 Å². The molecule has 1 aromatic rings. The summed E-state index contributed by atoms with van der Waals surface area (Å²) in [6.07, 6.45) is 2.39. The first-order valence-corrected chi connectivity index (χ1v) is 8.24. The van der Waals surface area contributed by atoms with E-state index in [1.807, 2.05) is 6.07 Å². The number of nitrogens with zero attached hydrogens (tertiary/aromatic N) is 1. The fraction of sp³-hybridized carbons (Fsp3) is 0.429. The molecular formula is C14H17N3O3S. The molecule has 0 aliphatic heterocycles. The lowest BCUT2D eigenvalue weighted by Gasteiger charge is -2.07. The highest BCUT2D eigenvalue weighted by molar-refractivity contribution is 7.89. The van der Waals surface area contributed by atoms with E-state index in [-0.39, 0.29) is 36.2 Å². The Morgan fingerprint density at radius 1 is 1.29 bits per heavy atom. The molecule has 0 aromatic heterocycles. The predicted octanol–water partition coefficient (Wildman–Crippen LogP) is 0.700. The van der Waals surface area contributed by atoms with Gasteiger partial charge in [-0.1, -0.05) is 12.1 Å². The van der Waals surface area contributed by atoms with Crippen molar-refractivity contribution in [2.24, 2.45) is 0 Å². The van der Waals surface area contributed by atoms with Gasteiger partial charge in [-0.15, -0.1) is 0 Å². The van der Waals surface area contributed by atoms with E-state index >= 15 is 0 Å². The van der Waals surface area contributed by atoms with E-state index < -0.39 is 10.0 Å². The normalized spacial score (nSPS) is 14.4. The Morgan fingerprint density at radius 3 is 2.52 bits per heavy atom. The van der Waals surface area contributed by atoms with E-state index in [4.69, 9.17) is 5.26 Å². The summed E-state index contributed by atoms with van der Waals surface area (Å²) >= 11 is 0. The van der Waals surface area contributed by atoms with E-state index in [2.05, 4.69) is 10.0 Å². The second-order valence-corrected chi connectivity index (χ2v) is 6.74. The van der Waals surface area contributed by atoms with E-state index in [0.717, 1.165) is 18.4 Å². The van der Waals surface area contributed by atoms with Crippen LogP contribution in [0.4, 0.5) is 0 Å². The number of hydrogen-bond acceptors (Lipinski definition) is 4. The van der Waals surface area contributed by atoms with Crippen LogP contribution in [0.25, 0.3) is 0 Å². The molecule has 2 N–H and O–H groups in total. The van der Waals surface area contributed by atoms with Crippen LogP contribution in [0.15, 0.2) is 29.2 Å². The zero-order valence-electron chi connectivity index (χ0n) is 11.5. The molecule has 112 valence electrons.